The first kappa shape index (κ1) is 32.8. The molecular weight excluding hydrogens is 681 g/mol. The number of nitrogens with zero attached hydrogens (tertiary/aromatic N) is 7. The Morgan fingerprint density at radius 1 is 1.08 bits per heavy atom. The standard InChI is InChI=1S/C33H30ClF3N8O3S/c1-48-31(46)19-2-5-21(6-3-19)39-33(47)43-13-11-42(12-14-43)22-17-26-27(25-8-10-45(41-25)32(36)37)28(23-7-4-20(35)16-24(23)34)40-29(44(26)18-22)30-38-9-15-49-30/h2-10,15-16,22,28,32H,11-14,17-18H2,1H3,(H,39,47)/t22-,28-/m0/s1. The van der Waals surface area contributed by atoms with Crippen molar-refractivity contribution in [3.05, 3.63) is 105 Å². The summed E-state index contributed by atoms with van der Waals surface area (Å²) in [4.78, 5) is 40.6. The number of benzene rings is 2. The molecule has 5 heterocycles. The van der Waals surface area contributed by atoms with Crippen LogP contribution in [0.2, 0.25) is 5.02 Å². The third-order valence-electron chi connectivity index (χ3n) is 8.88. The van der Waals surface area contributed by atoms with E-state index in [0.717, 1.165) is 5.70 Å². The third-order valence-corrected chi connectivity index (χ3v) is 9.98. The molecule has 49 heavy (non-hydrogen) atoms. The van der Waals surface area contributed by atoms with E-state index in [2.05, 4.69) is 25.2 Å². The molecule has 2 fully saturated rings. The Balaban J connectivity index is 1.15. The fourth-order valence-electron chi connectivity index (χ4n) is 6.48. The predicted molar refractivity (Wildman–Crippen MR) is 178 cm³/mol. The summed E-state index contributed by atoms with van der Waals surface area (Å²) in [7, 11) is 1.31. The number of carbonyl (C=O) groups excluding carboxylic acids is 2. The fourth-order valence-corrected chi connectivity index (χ4v) is 7.39. The zero-order chi connectivity index (χ0) is 34.2. The zero-order valence-electron chi connectivity index (χ0n) is 26.1. The number of anilines is 1. The number of ether oxygens (including phenoxy) is 1. The highest BCUT2D eigenvalue weighted by Gasteiger charge is 2.43. The molecule has 2 amide bonds. The number of rotatable bonds is 7. The number of amidine groups is 1. The van der Waals surface area contributed by atoms with Crippen molar-refractivity contribution in [3.8, 4) is 0 Å². The lowest BCUT2D eigenvalue weighted by Gasteiger charge is -2.37. The average Bonchev–Trinajstić information content (AvgIpc) is 3.90. The summed E-state index contributed by atoms with van der Waals surface area (Å²) in [6.45, 7) is -0.108. The van der Waals surface area contributed by atoms with Gasteiger partial charge >= 0.3 is 18.5 Å². The Labute approximate surface area is 288 Å². The monoisotopic (exact) mass is 710 g/mol. The van der Waals surface area contributed by atoms with Gasteiger partial charge in [0.05, 0.1) is 18.4 Å². The van der Waals surface area contributed by atoms with Crippen molar-refractivity contribution in [2.45, 2.75) is 25.1 Å². The second-order valence-electron chi connectivity index (χ2n) is 11.7. The molecule has 2 atom stereocenters. The van der Waals surface area contributed by atoms with Gasteiger partial charge in [-0.1, -0.05) is 17.7 Å². The van der Waals surface area contributed by atoms with Crippen LogP contribution in [0.3, 0.4) is 0 Å². The van der Waals surface area contributed by atoms with Crippen LogP contribution >= 0.6 is 22.9 Å². The molecule has 0 saturated carbocycles. The number of hydrogen-bond donors (Lipinski definition) is 1. The van der Waals surface area contributed by atoms with Gasteiger partial charge in [-0.3, -0.25) is 9.89 Å². The van der Waals surface area contributed by atoms with Crippen molar-refractivity contribution in [3.63, 3.8) is 0 Å². The average molecular weight is 711 g/mol. The first-order valence-corrected chi connectivity index (χ1v) is 16.7. The summed E-state index contributed by atoms with van der Waals surface area (Å²) >= 11 is 8.01. The zero-order valence-corrected chi connectivity index (χ0v) is 27.7. The molecule has 3 aliphatic rings. The quantitative estimate of drug-likeness (QED) is 0.229. The normalized spacial score (nSPS) is 19.7. The molecule has 3 aliphatic heterocycles. The number of hydrogen-bond acceptors (Lipinski definition) is 9. The summed E-state index contributed by atoms with van der Waals surface area (Å²) in [5.74, 6) is -0.342. The highest BCUT2D eigenvalue weighted by molar-refractivity contribution is 7.11. The van der Waals surface area contributed by atoms with E-state index in [1.165, 1.54) is 42.8 Å². The molecule has 0 bridgehead atoms. The van der Waals surface area contributed by atoms with Crippen molar-refractivity contribution >= 4 is 52.0 Å². The minimum Gasteiger partial charge on any atom is -0.465 e. The van der Waals surface area contributed by atoms with Gasteiger partial charge in [-0.15, -0.1) is 11.3 Å². The van der Waals surface area contributed by atoms with E-state index in [9.17, 15) is 22.8 Å². The first-order valence-electron chi connectivity index (χ1n) is 15.5. The number of esters is 1. The highest BCUT2D eigenvalue weighted by Crippen LogP contribution is 2.47. The van der Waals surface area contributed by atoms with Gasteiger partial charge in [0.2, 0.25) is 0 Å². The molecule has 2 aromatic carbocycles. The number of nitrogens with one attached hydrogen (secondary N) is 1. The molecule has 2 saturated heterocycles. The lowest BCUT2D eigenvalue weighted by atomic mass is 9.92. The number of methoxy groups -OCH3 is 1. The summed E-state index contributed by atoms with van der Waals surface area (Å²) in [6, 6.07) is 11.1. The van der Waals surface area contributed by atoms with Gasteiger partial charge < -0.3 is 19.9 Å². The summed E-state index contributed by atoms with van der Waals surface area (Å²) in [5, 5.41) is 9.80. The van der Waals surface area contributed by atoms with Crippen LogP contribution in [-0.2, 0) is 4.74 Å². The summed E-state index contributed by atoms with van der Waals surface area (Å²) in [6.07, 6.45) is 3.47. The molecule has 16 heteroatoms. The smallest absolute Gasteiger partial charge is 0.337 e. The van der Waals surface area contributed by atoms with Gasteiger partial charge in [0, 0.05) is 90.5 Å². The number of piperazine rings is 1. The van der Waals surface area contributed by atoms with Gasteiger partial charge in [-0.2, -0.15) is 13.9 Å². The number of fused-ring (bicyclic) bond motifs is 1. The maximum atomic E-state index is 14.1. The predicted octanol–water partition coefficient (Wildman–Crippen LogP) is 6.15. The van der Waals surface area contributed by atoms with Crippen LogP contribution in [0.5, 0.6) is 0 Å². The number of carbonyl (C=O) groups is 2. The van der Waals surface area contributed by atoms with Gasteiger partial charge in [0.25, 0.3) is 0 Å². The largest absolute Gasteiger partial charge is 0.465 e. The van der Waals surface area contributed by atoms with Gasteiger partial charge in [-0.25, -0.2) is 23.6 Å². The third kappa shape index (κ3) is 6.53. The lowest BCUT2D eigenvalue weighted by Crippen LogP contribution is -2.53. The van der Waals surface area contributed by atoms with Crippen molar-refractivity contribution in [1.82, 2.24) is 29.5 Å². The molecule has 0 spiro atoms. The second-order valence-corrected chi connectivity index (χ2v) is 13.0. The Morgan fingerprint density at radius 3 is 2.51 bits per heavy atom. The molecule has 0 radical (unpaired) electrons. The second kappa shape index (κ2) is 13.6. The van der Waals surface area contributed by atoms with Crippen LogP contribution in [0, 0.1) is 5.82 Å². The molecule has 2 aromatic heterocycles. The van der Waals surface area contributed by atoms with E-state index in [1.54, 1.807) is 41.4 Å². The highest BCUT2D eigenvalue weighted by atomic mass is 35.5. The van der Waals surface area contributed by atoms with E-state index in [-0.39, 0.29) is 17.1 Å². The van der Waals surface area contributed by atoms with E-state index >= 15 is 0 Å². The molecule has 11 nitrogen and oxygen atoms in total. The number of thiazole rings is 1. The number of alkyl halides is 2. The topological polar surface area (TPSA) is 108 Å². The Bertz CT molecular complexity index is 1930. The summed E-state index contributed by atoms with van der Waals surface area (Å²) < 4.78 is 46.8. The van der Waals surface area contributed by atoms with E-state index < -0.39 is 24.4 Å². The van der Waals surface area contributed by atoms with E-state index in [0.29, 0.717) is 82.8 Å². The van der Waals surface area contributed by atoms with Crippen LogP contribution in [-0.4, -0.2) is 93.2 Å². The Kier molecular flexibility index (Phi) is 9.13. The van der Waals surface area contributed by atoms with Crippen molar-refractivity contribution < 1.29 is 27.5 Å². The number of amides is 2. The van der Waals surface area contributed by atoms with Crippen LogP contribution < -0.4 is 5.32 Å². The molecule has 0 unspecified atom stereocenters. The number of aliphatic imine (C=N–C) groups is 1. The van der Waals surface area contributed by atoms with Gasteiger partial charge in [0.1, 0.15) is 11.9 Å². The number of halogens is 4. The van der Waals surface area contributed by atoms with Gasteiger partial charge in [-0.05, 0) is 42.5 Å². The Hall–Kier alpha value is -4.73. The molecule has 4 aromatic rings. The molecule has 7 rings (SSSR count). The molecular formula is C33H30ClF3N8O3S. The minimum atomic E-state index is -2.83. The lowest BCUT2D eigenvalue weighted by molar-refractivity contribution is 0.0563. The maximum absolute atomic E-state index is 14.1. The van der Waals surface area contributed by atoms with Crippen molar-refractivity contribution in [2.75, 3.05) is 45.2 Å². The van der Waals surface area contributed by atoms with Crippen LogP contribution in [0.15, 0.2) is 77.0 Å². The van der Waals surface area contributed by atoms with E-state index in [4.69, 9.17) is 21.3 Å². The minimum absolute atomic E-state index is 0.00543. The van der Waals surface area contributed by atoms with Crippen LogP contribution in [0.4, 0.5) is 23.7 Å². The first-order chi connectivity index (χ1) is 23.7. The van der Waals surface area contributed by atoms with E-state index in [1.807, 2.05) is 5.38 Å². The van der Waals surface area contributed by atoms with Gasteiger partial charge in [0.15, 0.2) is 10.8 Å². The Morgan fingerprint density at radius 2 is 1.86 bits per heavy atom. The molecule has 0 aliphatic carbocycles. The fraction of sp³-hybridized carbons (Fsp3) is 0.303. The summed E-state index contributed by atoms with van der Waals surface area (Å²) in [5.41, 5.74) is 3.27. The molecule has 1 N–H and O–H groups in total. The maximum Gasteiger partial charge on any atom is 0.337 e. The van der Waals surface area contributed by atoms with Crippen molar-refractivity contribution in [1.29, 1.82) is 0 Å². The molecule has 254 valence electrons. The van der Waals surface area contributed by atoms with Crippen molar-refractivity contribution in [2.24, 2.45) is 4.99 Å². The SMILES string of the molecule is COC(=O)c1ccc(NC(=O)N2CCN([C@H]3CC4=C(c5ccn(C(F)F)n5)[C@H](c5ccc(F)cc5Cl)N=C(c5nccs5)N4C3)CC2)cc1. The number of urea groups is 1. The van der Waals surface area contributed by atoms with Crippen LogP contribution in [0.25, 0.3) is 5.57 Å². The van der Waals surface area contributed by atoms with Crippen LogP contribution in [0.1, 0.15) is 45.6 Å². The number of aromatic nitrogens is 3.